The number of benzene rings is 1. The van der Waals surface area contributed by atoms with E-state index in [1.807, 2.05) is 46.0 Å². The molecule has 0 spiro atoms. The molecule has 34 heavy (non-hydrogen) atoms. The Labute approximate surface area is 215 Å². The van der Waals surface area contributed by atoms with Crippen LogP contribution in [0.25, 0.3) is 16.4 Å². The predicted octanol–water partition coefficient (Wildman–Crippen LogP) is 5.80. The summed E-state index contributed by atoms with van der Waals surface area (Å²) < 4.78 is 3.67. The Morgan fingerprint density at radius 2 is 1.56 bits per heavy atom. The Morgan fingerprint density at radius 3 is 2.18 bits per heavy atom. The second-order valence-electron chi connectivity index (χ2n) is 10.9. The molecule has 6 nitrogen and oxygen atoms in total. The Morgan fingerprint density at radius 1 is 0.941 bits per heavy atom. The number of aromatic nitrogens is 5. The van der Waals surface area contributed by atoms with Gasteiger partial charge in [-0.05, 0) is 31.4 Å². The fourth-order valence-corrected chi connectivity index (χ4v) is 4.44. The zero-order valence-corrected chi connectivity index (χ0v) is 22.8. The molecule has 4 aromatic rings. The first-order chi connectivity index (χ1) is 15.4. The molecule has 0 saturated heterocycles. The molecule has 1 N–H and O–H groups in total. The zero-order chi connectivity index (χ0) is 23.8. The average molecular weight is 632 g/mol. The summed E-state index contributed by atoms with van der Waals surface area (Å²) in [4.78, 5) is 7.36. The van der Waals surface area contributed by atoms with Gasteiger partial charge in [0.05, 0.1) is 29.1 Å². The normalized spacial score (nSPS) is 15.7. The maximum absolute atomic E-state index is 7.70. The Bertz CT molecular complexity index is 1420. The van der Waals surface area contributed by atoms with E-state index in [1.54, 1.807) is 0 Å². The van der Waals surface area contributed by atoms with Gasteiger partial charge in [0, 0.05) is 18.2 Å². The van der Waals surface area contributed by atoms with E-state index >= 15 is 0 Å². The maximum atomic E-state index is 7.70. The third-order valence-corrected chi connectivity index (χ3v) is 6.69. The SMILES string of the molecule is [C-]#[N+]c1cc2[c-]c(c1)C(C)(C)c1[c-]c([nH]c1C(C)(C)C)-n1ccc(n1)C(C)(C)c1ccn-2n1.[Pt+2]. The van der Waals surface area contributed by atoms with Gasteiger partial charge in [-0.3, -0.25) is 9.53 Å². The number of fused-ring (bicyclic) bond motifs is 10. The molecule has 0 saturated carbocycles. The molecule has 176 valence electrons. The summed E-state index contributed by atoms with van der Waals surface area (Å²) in [7, 11) is 0. The molecule has 3 aromatic heterocycles. The summed E-state index contributed by atoms with van der Waals surface area (Å²) in [6.45, 7) is 22.8. The number of hydrogen-bond acceptors (Lipinski definition) is 2. The van der Waals surface area contributed by atoms with Gasteiger partial charge in [-0.1, -0.05) is 45.7 Å². The van der Waals surface area contributed by atoms with Gasteiger partial charge in [-0.2, -0.15) is 33.5 Å². The molecule has 1 aromatic carbocycles. The third-order valence-electron chi connectivity index (χ3n) is 6.69. The molecular weight excluding hydrogens is 603 g/mol. The minimum atomic E-state index is -0.456. The topological polar surface area (TPSA) is 55.8 Å². The van der Waals surface area contributed by atoms with Crippen molar-refractivity contribution < 1.29 is 21.1 Å². The van der Waals surface area contributed by atoms with Gasteiger partial charge in [0.1, 0.15) is 0 Å². The maximum Gasteiger partial charge on any atom is 2.00 e. The first-order valence-electron chi connectivity index (χ1n) is 11.2. The van der Waals surface area contributed by atoms with Crippen molar-refractivity contribution in [3.63, 3.8) is 0 Å². The number of nitrogens with zero attached hydrogens (tertiary/aromatic N) is 5. The molecule has 7 heteroatoms. The fraction of sp³-hybridized carbons (Fsp3) is 0.370. The average Bonchev–Trinajstić information content (AvgIpc) is 3.51. The van der Waals surface area contributed by atoms with Crippen molar-refractivity contribution in [1.29, 1.82) is 0 Å². The van der Waals surface area contributed by atoms with Crippen molar-refractivity contribution in [1.82, 2.24) is 24.5 Å². The molecule has 0 unspecified atom stereocenters. The van der Waals surface area contributed by atoms with Crippen LogP contribution in [-0.4, -0.2) is 24.5 Å². The second-order valence-corrected chi connectivity index (χ2v) is 10.9. The fourth-order valence-electron chi connectivity index (χ4n) is 4.44. The van der Waals surface area contributed by atoms with Gasteiger partial charge in [0.25, 0.3) is 0 Å². The van der Waals surface area contributed by atoms with Crippen molar-refractivity contribution in [3.8, 4) is 11.5 Å². The first-order valence-corrected chi connectivity index (χ1v) is 11.2. The van der Waals surface area contributed by atoms with Gasteiger partial charge >= 0.3 is 21.1 Å². The molecule has 0 radical (unpaired) electrons. The Kier molecular flexibility index (Phi) is 5.57. The Hall–Kier alpha value is -2.90. The molecule has 5 rings (SSSR count). The smallest absolute Gasteiger partial charge is 0.437 e. The van der Waals surface area contributed by atoms with Crippen LogP contribution in [0.2, 0.25) is 0 Å². The van der Waals surface area contributed by atoms with Crippen LogP contribution in [0.15, 0.2) is 36.7 Å². The van der Waals surface area contributed by atoms with Gasteiger partial charge < -0.3 is 4.98 Å². The minimum Gasteiger partial charge on any atom is -0.437 e. The van der Waals surface area contributed by atoms with E-state index in [0.717, 1.165) is 39.7 Å². The van der Waals surface area contributed by atoms with Crippen LogP contribution in [0.3, 0.4) is 0 Å². The van der Waals surface area contributed by atoms with Crippen LogP contribution in [0.4, 0.5) is 5.69 Å². The van der Waals surface area contributed by atoms with Crippen LogP contribution in [0.1, 0.15) is 76.7 Å². The van der Waals surface area contributed by atoms with E-state index in [2.05, 4.69) is 70.4 Å². The first kappa shape index (κ1) is 24.2. The Balaban J connectivity index is 0.00000274. The van der Waals surface area contributed by atoms with Crippen molar-refractivity contribution in [2.45, 2.75) is 64.7 Å². The molecule has 4 heterocycles. The van der Waals surface area contributed by atoms with Gasteiger partial charge in [-0.15, -0.1) is 11.8 Å². The molecule has 1 aliphatic rings. The molecule has 0 amide bonds. The minimum absolute atomic E-state index is 0. The molecule has 0 aliphatic carbocycles. The summed E-state index contributed by atoms with van der Waals surface area (Å²) in [5, 5.41) is 9.79. The van der Waals surface area contributed by atoms with E-state index < -0.39 is 10.8 Å². The summed E-state index contributed by atoms with van der Waals surface area (Å²) >= 11 is 0. The number of H-pyrrole nitrogens is 1. The van der Waals surface area contributed by atoms with Crippen LogP contribution in [0.5, 0.6) is 0 Å². The molecule has 1 aliphatic heterocycles. The summed E-state index contributed by atoms with van der Waals surface area (Å²) in [6.07, 6.45) is 3.91. The van der Waals surface area contributed by atoms with E-state index in [0.29, 0.717) is 5.69 Å². The van der Waals surface area contributed by atoms with Crippen LogP contribution in [-0.2, 0) is 37.3 Å². The quantitative estimate of drug-likeness (QED) is 0.250. The summed E-state index contributed by atoms with van der Waals surface area (Å²) in [6, 6.07) is 15.0. The zero-order valence-electron chi connectivity index (χ0n) is 20.5. The van der Waals surface area contributed by atoms with Crippen LogP contribution < -0.4 is 0 Å². The molecule has 0 atom stereocenters. The predicted molar refractivity (Wildman–Crippen MR) is 128 cm³/mol. The number of aromatic amines is 1. The monoisotopic (exact) mass is 631 g/mol. The van der Waals surface area contributed by atoms with E-state index in [1.165, 1.54) is 0 Å². The number of hydrogen-bond donors (Lipinski definition) is 1. The van der Waals surface area contributed by atoms with Crippen molar-refractivity contribution in [2.24, 2.45) is 0 Å². The van der Waals surface area contributed by atoms with Crippen LogP contribution in [0, 0.1) is 18.7 Å². The largest absolute Gasteiger partial charge is 2.00 e. The van der Waals surface area contributed by atoms with E-state index in [-0.39, 0.29) is 26.5 Å². The summed E-state index contributed by atoms with van der Waals surface area (Å²) in [5.41, 5.74) is 5.22. The second kappa shape index (κ2) is 7.82. The molecular formula is C27H28N6Pt. The van der Waals surface area contributed by atoms with Crippen molar-refractivity contribution in [2.75, 3.05) is 0 Å². The van der Waals surface area contributed by atoms with Crippen LogP contribution >= 0.6 is 0 Å². The standard InChI is InChI=1S/C27H28N6.Pt/c1-25(2,3)24-20-16-23(29-24)33-12-10-22(31-33)27(6,7)21-9-11-32(30-21)19-14-17(26(20,4)5)13-18(15-19)28-8;/h9-13,15,29H,1-7H3;/q-2;+2. The van der Waals surface area contributed by atoms with E-state index in [9.17, 15) is 0 Å². The number of nitrogens with one attached hydrogen (secondary N) is 1. The summed E-state index contributed by atoms with van der Waals surface area (Å²) in [5.74, 6) is 0.800. The molecule has 8 bridgehead atoms. The van der Waals surface area contributed by atoms with Crippen molar-refractivity contribution >= 4 is 5.69 Å². The number of rotatable bonds is 0. The third kappa shape index (κ3) is 3.67. The van der Waals surface area contributed by atoms with Gasteiger partial charge in [0.15, 0.2) is 0 Å². The van der Waals surface area contributed by atoms with Gasteiger partial charge in [0.2, 0.25) is 0 Å². The van der Waals surface area contributed by atoms with E-state index in [4.69, 9.17) is 16.8 Å². The van der Waals surface area contributed by atoms with Gasteiger partial charge in [-0.25, -0.2) is 10.7 Å². The van der Waals surface area contributed by atoms with Crippen molar-refractivity contribution in [3.05, 3.63) is 88.4 Å². The molecule has 0 fully saturated rings.